The zero-order valence-corrected chi connectivity index (χ0v) is 55.2. The number of carbonyl (C=O) groups excluding carboxylic acids is 2. The van der Waals surface area contributed by atoms with Crippen LogP contribution in [0.3, 0.4) is 0 Å². The molecule has 1 aliphatic heterocycles. The van der Waals surface area contributed by atoms with Gasteiger partial charge in [0.05, 0.1) is 9.79 Å². The van der Waals surface area contributed by atoms with Crippen LogP contribution in [0.15, 0.2) is 160 Å². The number of fused-ring (bicyclic) bond motifs is 4. The predicted molar refractivity (Wildman–Crippen MR) is 367 cm³/mol. The highest BCUT2D eigenvalue weighted by molar-refractivity contribution is 7.90. The van der Waals surface area contributed by atoms with E-state index in [1.807, 2.05) is 12.1 Å². The highest BCUT2D eigenvalue weighted by atomic mass is 32.2. The number of nitrogens with zero attached hydrogens (tertiary/aromatic N) is 5. The van der Waals surface area contributed by atoms with Gasteiger partial charge in [-0.1, -0.05) is 88.3 Å². The number of unbranched alkanes of at least 4 members (excludes halogenated alkanes) is 1. The van der Waals surface area contributed by atoms with Gasteiger partial charge in [0.1, 0.15) is 22.2 Å². The van der Waals surface area contributed by atoms with E-state index in [0.29, 0.717) is 80.7 Å². The number of hydrogen-bond acceptors (Lipinski definition) is 13. The van der Waals surface area contributed by atoms with E-state index in [1.54, 1.807) is 26.0 Å². The lowest BCUT2D eigenvalue weighted by atomic mass is 9.77. The van der Waals surface area contributed by atoms with Crippen LogP contribution >= 0.6 is 0 Å². The van der Waals surface area contributed by atoms with Crippen molar-refractivity contribution in [2.75, 3.05) is 73.1 Å². The zero-order chi connectivity index (χ0) is 64.3. The summed E-state index contributed by atoms with van der Waals surface area (Å²) >= 11 is 0. The molecule has 89 heavy (non-hydrogen) atoms. The number of anilines is 1. The van der Waals surface area contributed by atoms with Crippen LogP contribution in [-0.2, 0) is 55.6 Å². The molecular formula is C68H87B2N6O10S2Si+. The summed E-state index contributed by atoms with van der Waals surface area (Å²) in [5.41, 5.74) is 10.5. The minimum Gasteiger partial charge on any atom is -0.423 e. The van der Waals surface area contributed by atoms with Crippen molar-refractivity contribution < 1.29 is 51.1 Å². The molecule has 470 valence electrons. The number of rotatable bonds is 26. The largest absolute Gasteiger partial charge is 0.488 e. The second kappa shape index (κ2) is 28.5. The van der Waals surface area contributed by atoms with Crippen molar-refractivity contribution in [1.82, 2.24) is 19.4 Å². The van der Waals surface area contributed by atoms with Gasteiger partial charge in [0.2, 0.25) is 15.9 Å². The van der Waals surface area contributed by atoms with Gasteiger partial charge >= 0.3 is 14.2 Å². The topological polar surface area (TPSA) is 211 Å². The molecule has 0 fully saturated rings. The Morgan fingerprint density at radius 2 is 1.22 bits per heavy atom. The number of carbonyl (C=O) groups is 2. The molecule has 2 aliphatic rings. The Kier molecular flexibility index (Phi) is 22.3. The number of ketones is 1. The van der Waals surface area contributed by atoms with Crippen molar-refractivity contribution >= 4 is 108 Å². The first kappa shape index (κ1) is 69.6. The van der Waals surface area contributed by atoms with E-state index in [0.717, 1.165) is 76.9 Å². The van der Waals surface area contributed by atoms with Crippen LogP contribution in [-0.4, -0.2) is 164 Å². The second-order valence-electron chi connectivity index (χ2n) is 24.5. The van der Waals surface area contributed by atoms with E-state index in [1.165, 1.54) is 48.7 Å². The first-order chi connectivity index (χ1) is 41.4. The molecule has 1 aliphatic carbocycles. The Bertz CT molecular complexity index is 4130. The lowest BCUT2D eigenvalue weighted by Crippen LogP contribution is -2.49. The Balaban J connectivity index is 0.0000113. The molecule has 0 saturated heterocycles. The van der Waals surface area contributed by atoms with Gasteiger partial charge < -0.3 is 30.3 Å². The average Bonchev–Trinajstić information content (AvgIpc) is 0.726. The van der Waals surface area contributed by atoms with Gasteiger partial charge in [0, 0.05) is 104 Å². The molecule has 0 spiro atoms. The van der Waals surface area contributed by atoms with Crippen molar-refractivity contribution in [3.63, 3.8) is 0 Å². The third-order valence-corrected chi connectivity index (χ3v) is 23.4. The molecule has 0 unspecified atom stereocenters. The van der Waals surface area contributed by atoms with Crippen LogP contribution in [0.5, 0.6) is 0 Å². The smallest absolute Gasteiger partial charge is 0.423 e. The molecule has 21 heteroatoms. The normalized spacial score (nSPS) is 13.8. The first-order valence-corrected chi connectivity index (χ1v) is 35.9. The summed E-state index contributed by atoms with van der Waals surface area (Å²) in [4.78, 5) is 32.1. The third-order valence-electron chi connectivity index (χ3n) is 16.9. The van der Waals surface area contributed by atoms with E-state index < -0.39 is 42.2 Å². The minimum absolute atomic E-state index is 0. The average molecular weight is 1260 g/mol. The van der Waals surface area contributed by atoms with E-state index in [2.05, 4.69) is 146 Å². The summed E-state index contributed by atoms with van der Waals surface area (Å²) in [6, 6.07) is 30.5. The number of sulfone groups is 1. The number of allylic oxidation sites excluding steroid dienone is 6. The highest BCUT2D eigenvalue weighted by Gasteiger charge is 2.41. The quantitative estimate of drug-likeness (QED) is 0.0128. The van der Waals surface area contributed by atoms with Gasteiger partial charge in [-0.25, -0.2) is 25.7 Å². The Labute approximate surface area is 528 Å². The molecule has 8 rings (SSSR count). The Hall–Kier alpha value is -6.88. The van der Waals surface area contributed by atoms with Gasteiger partial charge in [-0.2, -0.15) is 0 Å². The van der Waals surface area contributed by atoms with Gasteiger partial charge in [-0.3, -0.25) is 19.4 Å². The Morgan fingerprint density at radius 1 is 0.663 bits per heavy atom. The molecule has 1 amide bonds. The van der Waals surface area contributed by atoms with Gasteiger partial charge in [-0.05, 0) is 181 Å². The lowest BCUT2D eigenvalue weighted by molar-refractivity contribution is -0.462. The molecule has 5 N–H and O–H groups in total. The number of hydrogen-bond donors (Lipinski definition) is 5. The van der Waals surface area contributed by atoms with Gasteiger partial charge in [0.25, 0.3) is 0 Å². The van der Waals surface area contributed by atoms with Crippen LogP contribution < -0.4 is 26.3 Å². The molecular weight excluding hydrogens is 1170 g/mol. The number of nitrogens with one attached hydrogen (secondary N) is 1. The predicted octanol–water partition coefficient (Wildman–Crippen LogP) is 6.59. The molecule has 0 atom stereocenters. The zero-order valence-electron chi connectivity index (χ0n) is 52.6. The number of Topliss-reactive ketones (excluding diaryl/α,β-unsaturated/α-hetero) is 1. The summed E-state index contributed by atoms with van der Waals surface area (Å²) in [7, 11) is -2.94. The number of benzene rings is 6. The monoisotopic (exact) mass is 1260 g/mol. The van der Waals surface area contributed by atoms with E-state index in [-0.39, 0.29) is 52.9 Å². The van der Waals surface area contributed by atoms with Gasteiger partial charge in [0.15, 0.2) is 21.3 Å². The summed E-state index contributed by atoms with van der Waals surface area (Å²) in [6.45, 7) is 18.1. The Morgan fingerprint density at radius 3 is 1.76 bits per heavy atom. The fourth-order valence-corrected chi connectivity index (χ4v) is 16.6. The van der Waals surface area contributed by atoms with Gasteiger partial charge in [-0.15, -0.1) is 0 Å². The van der Waals surface area contributed by atoms with Crippen molar-refractivity contribution in [3.8, 4) is 0 Å². The maximum absolute atomic E-state index is 13.4. The fraction of sp³-hybridized carbons (Fsp3) is 0.338. The summed E-state index contributed by atoms with van der Waals surface area (Å²) in [5.74, 6) is -0.298. The highest BCUT2D eigenvalue weighted by Crippen LogP contribution is 2.44. The molecule has 0 radical (unpaired) electrons. The molecule has 6 aromatic rings. The molecule has 0 saturated carbocycles. The van der Waals surface area contributed by atoms with E-state index in [9.17, 15) is 46.5 Å². The van der Waals surface area contributed by atoms with Crippen LogP contribution in [0.2, 0.25) is 13.1 Å². The summed E-state index contributed by atoms with van der Waals surface area (Å²) in [6.07, 6.45) is 9.82. The minimum atomic E-state index is -3.94. The second-order valence-corrected chi connectivity index (χ2v) is 33.0. The molecule has 16 nitrogen and oxygen atoms in total. The molecule has 6 aromatic carbocycles. The summed E-state index contributed by atoms with van der Waals surface area (Å²) in [5, 5.41) is 52.8. The maximum Gasteiger partial charge on any atom is 0.488 e. The molecule has 0 bridgehead atoms. The SMILES string of the molecule is C.C=C(C)C(=O)CCCCN(Cc1ccc(S(C)(=O)=O)cc1B(O)O)Cc1c2ccccc2c(CN(CCCNC(=O)C(=C)C)Cc2ccc(S(=O)(=O)N(C)C)cc2B(O)O)c2ccc(C3=C4C=CC(=[N+](C)C)C=C4[Si](C)(C)c4cc(N(C)C)ccc43)cc12. The fourth-order valence-electron chi connectivity index (χ4n) is 11.9. The molecule has 1 heterocycles. The maximum atomic E-state index is 13.4. The first-order valence-electron chi connectivity index (χ1n) is 29.6. The number of sulfonamides is 1. The van der Waals surface area contributed by atoms with E-state index in [4.69, 9.17) is 0 Å². The van der Waals surface area contributed by atoms with Crippen LogP contribution in [0.25, 0.3) is 27.1 Å². The summed E-state index contributed by atoms with van der Waals surface area (Å²) < 4.78 is 55.7. The van der Waals surface area contributed by atoms with Crippen LogP contribution in [0.1, 0.15) is 80.3 Å². The van der Waals surface area contributed by atoms with Crippen LogP contribution in [0.4, 0.5) is 5.69 Å². The van der Waals surface area contributed by atoms with Crippen molar-refractivity contribution in [2.45, 2.75) is 96.0 Å². The number of amides is 1. The molecule has 0 aromatic heterocycles. The van der Waals surface area contributed by atoms with E-state index >= 15 is 0 Å². The van der Waals surface area contributed by atoms with Crippen LogP contribution in [0, 0.1) is 0 Å². The van der Waals surface area contributed by atoms with Crippen molar-refractivity contribution in [3.05, 3.63) is 184 Å². The lowest BCUT2D eigenvalue weighted by Gasteiger charge is -2.38. The third kappa shape index (κ3) is 15.5. The standard InChI is InChI=1S/C67H82B2N6O10S2Si.CH4/c1-44(2)63(76)21-16-17-33-74(40-47-22-27-51(86(11,82)83)38-61(47)68(78)79)43-60-54-20-15-14-19-53(54)59(42-75(34-18-32-70-67(77)45(3)4)41-48-23-28-52(39-62(48)69(80)81)87(84,85)73(9)10)55-29-24-46(35-58(55)60)66-56-30-25-49(71(5)6)36-64(56)88(12,13)65-37-50(72(7)8)26-31-57(65)66;/h14-15,19-20,22-31,35-39,78-81H,1,3,16-18,21,32-34,40-43H2,2,4-13H3;1H4/p+1. The van der Waals surface area contributed by atoms with Crippen molar-refractivity contribution in [1.29, 1.82) is 0 Å². The van der Waals surface area contributed by atoms with Crippen molar-refractivity contribution in [2.24, 2.45) is 0 Å².